The molecule has 0 aromatic rings. The summed E-state index contributed by atoms with van der Waals surface area (Å²) in [5.41, 5.74) is 0.640. The van der Waals surface area contributed by atoms with Gasteiger partial charge in [-0.2, -0.15) is 0 Å². The molecule has 1 N–H and O–H groups in total. The Labute approximate surface area is 123 Å². The van der Waals surface area contributed by atoms with E-state index in [1.54, 1.807) is 7.11 Å². The SMILES string of the molecule is COCCC(C)(C)CNC1=NCC(CC(C)(C)C)S1. The zero-order valence-corrected chi connectivity index (χ0v) is 14.2. The number of methoxy groups -OCH3 is 1. The molecule has 3 nitrogen and oxygen atoms in total. The smallest absolute Gasteiger partial charge is 0.156 e. The summed E-state index contributed by atoms with van der Waals surface area (Å²) in [6, 6.07) is 0. The molecule has 1 heterocycles. The van der Waals surface area contributed by atoms with Gasteiger partial charge in [0.2, 0.25) is 0 Å². The topological polar surface area (TPSA) is 33.6 Å². The molecule has 0 radical (unpaired) electrons. The van der Waals surface area contributed by atoms with Crippen LogP contribution >= 0.6 is 11.8 Å². The van der Waals surface area contributed by atoms with E-state index in [-0.39, 0.29) is 5.41 Å². The van der Waals surface area contributed by atoms with Gasteiger partial charge in [-0.25, -0.2) is 0 Å². The molecule has 112 valence electrons. The van der Waals surface area contributed by atoms with Crippen LogP contribution in [0.5, 0.6) is 0 Å². The summed E-state index contributed by atoms with van der Waals surface area (Å²) < 4.78 is 5.16. The third-order valence-electron chi connectivity index (χ3n) is 3.26. The summed E-state index contributed by atoms with van der Waals surface area (Å²) in [6.07, 6.45) is 2.29. The lowest BCUT2D eigenvalue weighted by atomic mass is 9.90. The van der Waals surface area contributed by atoms with Crippen LogP contribution in [-0.4, -0.2) is 37.2 Å². The van der Waals surface area contributed by atoms with Crippen molar-refractivity contribution in [2.24, 2.45) is 15.8 Å². The normalized spacial score (nSPS) is 20.5. The van der Waals surface area contributed by atoms with Crippen molar-refractivity contribution >= 4 is 16.9 Å². The van der Waals surface area contributed by atoms with Gasteiger partial charge in [0.05, 0.1) is 6.54 Å². The van der Waals surface area contributed by atoms with Crippen molar-refractivity contribution in [1.82, 2.24) is 5.32 Å². The highest BCUT2D eigenvalue weighted by Gasteiger charge is 2.26. The molecule has 1 rings (SSSR count). The van der Waals surface area contributed by atoms with Gasteiger partial charge in [-0.15, -0.1) is 0 Å². The van der Waals surface area contributed by atoms with Crippen molar-refractivity contribution in [3.8, 4) is 0 Å². The molecule has 0 spiro atoms. The molecule has 0 aromatic heterocycles. The van der Waals surface area contributed by atoms with E-state index in [2.05, 4.69) is 44.9 Å². The largest absolute Gasteiger partial charge is 0.385 e. The Balaban J connectivity index is 2.28. The Morgan fingerprint density at radius 2 is 2.00 bits per heavy atom. The van der Waals surface area contributed by atoms with Crippen LogP contribution in [0.2, 0.25) is 0 Å². The number of aliphatic imine (C=N–C) groups is 1. The summed E-state index contributed by atoms with van der Waals surface area (Å²) in [5.74, 6) is 0. The first-order chi connectivity index (χ1) is 8.72. The predicted molar refractivity (Wildman–Crippen MR) is 86.0 cm³/mol. The highest BCUT2D eigenvalue weighted by molar-refractivity contribution is 8.14. The van der Waals surface area contributed by atoms with Crippen LogP contribution in [-0.2, 0) is 4.74 Å². The predicted octanol–water partition coefficient (Wildman–Crippen LogP) is 3.55. The molecule has 1 atom stereocenters. The molecule has 1 aliphatic heterocycles. The van der Waals surface area contributed by atoms with Gasteiger partial charge in [0.1, 0.15) is 0 Å². The summed E-state index contributed by atoms with van der Waals surface area (Å²) in [6.45, 7) is 14.2. The lowest BCUT2D eigenvalue weighted by molar-refractivity contribution is 0.153. The van der Waals surface area contributed by atoms with Crippen LogP contribution in [0, 0.1) is 10.8 Å². The average molecular weight is 286 g/mol. The molecule has 1 aliphatic rings. The maximum atomic E-state index is 5.16. The summed E-state index contributed by atoms with van der Waals surface area (Å²) in [7, 11) is 1.76. The zero-order chi connectivity index (χ0) is 14.5. The van der Waals surface area contributed by atoms with Crippen molar-refractivity contribution in [2.45, 2.75) is 52.7 Å². The van der Waals surface area contributed by atoms with Gasteiger partial charge in [-0.3, -0.25) is 4.99 Å². The van der Waals surface area contributed by atoms with Gasteiger partial charge in [0.15, 0.2) is 5.17 Å². The van der Waals surface area contributed by atoms with Crippen LogP contribution in [0.1, 0.15) is 47.5 Å². The van der Waals surface area contributed by atoms with Gasteiger partial charge in [0.25, 0.3) is 0 Å². The average Bonchev–Trinajstić information content (AvgIpc) is 2.69. The minimum Gasteiger partial charge on any atom is -0.385 e. The molecule has 19 heavy (non-hydrogen) atoms. The molecule has 0 aromatic carbocycles. The van der Waals surface area contributed by atoms with Gasteiger partial charge in [0, 0.05) is 25.5 Å². The minimum absolute atomic E-state index is 0.251. The molecule has 0 aliphatic carbocycles. The van der Waals surface area contributed by atoms with Crippen LogP contribution in [0.15, 0.2) is 4.99 Å². The van der Waals surface area contributed by atoms with E-state index in [1.807, 2.05) is 11.8 Å². The van der Waals surface area contributed by atoms with Crippen molar-refractivity contribution < 1.29 is 4.74 Å². The van der Waals surface area contributed by atoms with Crippen molar-refractivity contribution in [2.75, 3.05) is 26.8 Å². The Morgan fingerprint density at radius 1 is 1.32 bits per heavy atom. The number of nitrogens with one attached hydrogen (secondary N) is 1. The van der Waals surface area contributed by atoms with E-state index < -0.39 is 0 Å². The Kier molecular flexibility index (Phi) is 6.18. The van der Waals surface area contributed by atoms with Crippen LogP contribution < -0.4 is 5.32 Å². The van der Waals surface area contributed by atoms with Crippen LogP contribution in [0.25, 0.3) is 0 Å². The summed E-state index contributed by atoms with van der Waals surface area (Å²) in [5, 5.41) is 5.27. The van der Waals surface area contributed by atoms with Crippen LogP contribution in [0.4, 0.5) is 0 Å². The maximum Gasteiger partial charge on any atom is 0.156 e. The molecule has 0 saturated carbocycles. The molecular formula is C15H30N2OS. The van der Waals surface area contributed by atoms with E-state index in [1.165, 1.54) is 6.42 Å². The summed E-state index contributed by atoms with van der Waals surface area (Å²) >= 11 is 1.91. The number of rotatable bonds is 6. The molecule has 0 bridgehead atoms. The van der Waals surface area contributed by atoms with Crippen molar-refractivity contribution in [3.05, 3.63) is 0 Å². The molecular weight excluding hydrogens is 256 g/mol. The number of nitrogens with zero attached hydrogens (tertiary/aromatic N) is 1. The molecule has 1 unspecified atom stereocenters. The second-order valence-corrected chi connectivity index (χ2v) is 8.70. The lowest BCUT2D eigenvalue weighted by Crippen LogP contribution is -2.33. The molecule has 0 saturated heterocycles. The van der Waals surface area contributed by atoms with Gasteiger partial charge in [-0.05, 0) is 23.7 Å². The second kappa shape index (κ2) is 6.98. The monoisotopic (exact) mass is 286 g/mol. The first-order valence-electron chi connectivity index (χ1n) is 7.16. The quantitative estimate of drug-likeness (QED) is 0.811. The fourth-order valence-corrected chi connectivity index (χ4v) is 3.44. The number of hydrogen-bond acceptors (Lipinski definition) is 4. The molecule has 4 heteroatoms. The summed E-state index contributed by atoms with van der Waals surface area (Å²) in [4.78, 5) is 4.62. The van der Waals surface area contributed by atoms with Gasteiger partial charge in [-0.1, -0.05) is 46.4 Å². The highest BCUT2D eigenvalue weighted by Crippen LogP contribution is 2.31. The van der Waals surface area contributed by atoms with E-state index >= 15 is 0 Å². The first kappa shape index (κ1) is 16.8. The van der Waals surface area contributed by atoms with E-state index in [0.29, 0.717) is 10.7 Å². The van der Waals surface area contributed by atoms with E-state index in [4.69, 9.17) is 4.74 Å². The Morgan fingerprint density at radius 3 is 2.58 bits per heavy atom. The number of hydrogen-bond donors (Lipinski definition) is 1. The Bertz CT molecular complexity index is 308. The van der Waals surface area contributed by atoms with Crippen molar-refractivity contribution in [1.29, 1.82) is 0 Å². The standard InChI is InChI=1S/C15H30N2OS/c1-14(2,3)9-12-10-16-13(19-12)17-11-15(4,5)7-8-18-6/h12H,7-11H2,1-6H3,(H,16,17). The first-order valence-corrected chi connectivity index (χ1v) is 8.04. The number of amidine groups is 1. The molecule has 0 amide bonds. The maximum absolute atomic E-state index is 5.16. The second-order valence-electron chi connectivity index (χ2n) is 7.41. The van der Waals surface area contributed by atoms with Crippen molar-refractivity contribution in [3.63, 3.8) is 0 Å². The van der Waals surface area contributed by atoms with E-state index in [0.717, 1.165) is 31.3 Å². The molecule has 0 fully saturated rings. The van der Waals surface area contributed by atoms with Crippen LogP contribution in [0.3, 0.4) is 0 Å². The minimum atomic E-state index is 0.251. The number of ether oxygens (including phenoxy) is 1. The number of thioether (sulfide) groups is 1. The zero-order valence-electron chi connectivity index (χ0n) is 13.4. The fraction of sp³-hybridized carbons (Fsp3) is 0.933. The third-order valence-corrected chi connectivity index (χ3v) is 4.40. The van der Waals surface area contributed by atoms with Gasteiger partial charge >= 0.3 is 0 Å². The highest BCUT2D eigenvalue weighted by atomic mass is 32.2. The Hall–Kier alpha value is -0.220. The van der Waals surface area contributed by atoms with E-state index in [9.17, 15) is 0 Å². The lowest BCUT2D eigenvalue weighted by Gasteiger charge is -2.25. The van der Waals surface area contributed by atoms with Gasteiger partial charge < -0.3 is 10.1 Å². The third kappa shape index (κ3) is 7.21. The fourth-order valence-electron chi connectivity index (χ4n) is 2.09.